The smallest absolute Gasteiger partial charge is 0.337 e. The lowest BCUT2D eigenvalue weighted by Gasteiger charge is -2.22. The van der Waals surface area contributed by atoms with Crippen LogP contribution in [0.1, 0.15) is 15.9 Å². The molecule has 2 aromatic carbocycles. The Morgan fingerprint density at radius 2 is 1.87 bits per heavy atom. The van der Waals surface area contributed by atoms with Gasteiger partial charge in [-0.25, -0.2) is 4.79 Å². The number of aromatic amines is 1. The van der Waals surface area contributed by atoms with E-state index in [0.29, 0.717) is 11.0 Å². The van der Waals surface area contributed by atoms with E-state index in [4.69, 9.17) is 5.10 Å². The number of para-hydroxylation sites is 2. The van der Waals surface area contributed by atoms with Gasteiger partial charge in [0.1, 0.15) is 5.69 Å². The van der Waals surface area contributed by atoms with Crippen LogP contribution in [0.4, 0.5) is 11.4 Å². The second-order valence-corrected chi connectivity index (χ2v) is 7.60. The fourth-order valence-corrected chi connectivity index (χ4v) is 4.19. The Labute approximate surface area is 178 Å². The SMILES string of the molecule is Cc1ccccc1N(C)c1cccc2c(-c3cc4nccc(C(=O)O)c4[nH]3)nn(C)c12. The molecule has 0 aliphatic heterocycles. The first-order valence-corrected chi connectivity index (χ1v) is 9.92. The van der Waals surface area contributed by atoms with Crippen molar-refractivity contribution in [3.05, 3.63) is 71.9 Å². The molecule has 0 saturated heterocycles. The summed E-state index contributed by atoms with van der Waals surface area (Å²) in [6.07, 6.45) is 1.51. The average molecular weight is 411 g/mol. The molecule has 0 amide bonds. The number of pyridine rings is 1. The Kier molecular flexibility index (Phi) is 4.25. The minimum Gasteiger partial charge on any atom is -0.478 e. The quantitative estimate of drug-likeness (QED) is 0.440. The molecule has 31 heavy (non-hydrogen) atoms. The summed E-state index contributed by atoms with van der Waals surface area (Å²) >= 11 is 0. The van der Waals surface area contributed by atoms with Crippen molar-refractivity contribution in [2.24, 2.45) is 7.05 Å². The summed E-state index contributed by atoms with van der Waals surface area (Å²) in [4.78, 5) is 21.3. The summed E-state index contributed by atoms with van der Waals surface area (Å²) in [5.74, 6) is -0.992. The molecule has 0 bridgehead atoms. The van der Waals surface area contributed by atoms with Crippen LogP contribution in [0.3, 0.4) is 0 Å². The normalized spacial score (nSPS) is 11.3. The van der Waals surface area contributed by atoms with Gasteiger partial charge in [0.15, 0.2) is 0 Å². The van der Waals surface area contributed by atoms with Crippen LogP contribution in [0.5, 0.6) is 0 Å². The summed E-state index contributed by atoms with van der Waals surface area (Å²) in [6.45, 7) is 2.10. The van der Waals surface area contributed by atoms with E-state index in [0.717, 1.165) is 33.7 Å². The first-order chi connectivity index (χ1) is 15.0. The van der Waals surface area contributed by atoms with Crippen molar-refractivity contribution < 1.29 is 9.90 Å². The topological polar surface area (TPSA) is 87.0 Å². The van der Waals surface area contributed by atoms with Crippen molar-refractivity contribution in [2.45, 2.75) is 6.92 Å². The molecule has 0 aliphatic rings. The van der Waals surface area contributed by atoms with Crippen LogP contribution in [0.2, 0.25) is 0 Å². The Morgan fingerprint density at radius 3 is 2.65 bits per heavy atom. The first-order valence-electron chi connectivity index (χ1n) is 9.92. The Bertz CT molecular complexity index is 1460. The van der Waals surface area contributed by atoms with Crippen LogP contribution in [0, 0.1) is 6.92 Å². The Morgan fingerprint density at radius 1 is 1.10 bits per heavy atom. The van der Waals surface area contributed by atoms with Crippen molar-refractivity contribution in [3.63, 3.8) is 0 Å². The standard InChI is InChI=1S/C24H21N5O2/c1-14-7-4-5-9-19(14)28(2)20-10-6-8-15-22(27-29(3)23(15)20)18-13-17-21(26-18)16(24(30)31)11-12-25-17/h4-13,26H,1-3H3,(H,30,31). The summed E-state index contributed by atoms with van der Waals surface area (Å²) in [6, 6.07) is 17.7. The third-order valence-corrected chi connectivity index (χ3v) is 5.69. The lowest BCUT2D eigenvalue weighted by molar-refractivity contribution is 0.0698. The zero-order valence-corrected chi connectivity index (χ0v) is 17.4. The number of hydrogen-bond donors (Lipinski definition) is 2. The van der Waals surface area contributed by atoms with Crippen LogP contribution in [-0.4, -0.2) is 37.9 Å². The Balaban J connectivity index is 1.70. The van der Waals surface area contributed by atoms with E-state index in [2.05, 4.69) is 47.0 Å². The molecule has 3 heterocycles. The molecule has 154 valence electrons. The van der Waals surface area contributed by atoms with E-state index in [1.54, 1.807) is 0 Å². The number of aromatic carboxylic acids is 1. The van der Waals surface area contributed by atoms with Gasteiger partial charge in [-0.1, -0.05) is 30.3 Å². The molecular weight excluding hydrogens is 390 g/mol. The van der Waals surface area contributed by atoms with E-state index in [9.17, 15) is 9.90 Å². The highest BCUT2D eigenvalue weighted by Crippen LogP contribution is 2.37. The first kappa shape index (κ1) is 18.9. The van der Waals surface area contributed by atoms with Crippen LogP contribution >= 0.6 is 0 Å². The lowest BCUT2D eigenvalue weighted by atomic mass is 10.1. The number of hydrogen-bond acceptors (Lipinski definition) is 4. The van der Waals surface area contributed by atoms with Crippen molar-refractivity contribution in [3.8, 4) is 11.4 Å². The number of aryl methyl sites for hydroxylation is 2. The second kappa shape index (κ2) is 6.98. The van der Waals surface area contributed by atoms with Crippen LogP contribution < -0.4 is 4.90 Å². The molecule has 0 radical (unpaired) electrons. The fraction of sp³-hybridized carbons (Fsp3) is 0.125. The third-order valence-electron chi connectivity index (χ3n) is 5.69. The molecule has 0 saturated carbocycles. The van der Waals surface area contributed by atoms with E-state index in [-0.39, 0.29) is 5.56 Å². The number of carboxylic acid groups (broad SMARTS) is 1. The number of nitrogens with zero attached hydrogens (tertiary/aromatic N) is 4. The van der Waals surface area contributed by atoms with Crippen molar-refractivity contribution in [2.75, 3.05) is 11.9 Å². The fourth-order valence-electron chi connectivity index (χ4n) is 4.19. The maximum atomic E-state index is 11.6. The number of benzene rings is 2. The molecule has 0 unspecified atom stereocenters. The predicted octanol–water partition coefficient (Wildman–Crippen LogP) is 4.89. The van der Waals surface area contributed by atoms with Crippen LogP contribution in [0.25, 0.3) is 33.3 Å². The molecule has 0 fully saturated rings. The summed E-state index contributed by atoms with van der Waals surface area (Å²) < 4.78 is 1.87. The molecule has 0 spiro atoms. The van der Waals surface area contributed by atoms with Gasteiger partial charge in [-0.3, -0.25) is 9.67 Å². The van der Waals surface area contributed by atoms with Gasteiger partial charge in [-0.15, -0.1) is 0 Å². The number of carbonyl (C=O) groups is 1. The molecule has 7 nitrogen and oxygen atoms in total. The van der Waals surface area contributed by atoms with Crippen molar-refractivity contribution in [1.29, 1.82) is 0 Å². The lowest BCUT2D eigenvalue weighted by Crippen LogP contribution is -2.12. The number of rotatable bonds is 4. The molecule has 7 heteroatoms. The highest BCUT2D eigenvalue weighted by atomic mass is 16.4. The molecule has 5 aromatic rings. The number of carboxylic acids is 1. The number of fused-ring (bicyclic) bond motifs is 2. The number of anilines is 2. The average Bonchev–Trinajstić information content (AvgIpc) is 3.34. The maximum absolute atomic E-state index is 11.6. The van der Waals surface area contributed by atoms with Gasteiger partial charge < -0.3 is 15.0 Å². The number of aromatic nitrogens is 4. The van der Waals surface area contributed by atoms with E-state index in [1.165, 1.54) is 17.8 Å². The van der Waals surface area contributed by atoms with Gasteiger partial charge in [0.2, 0.25) is 0 Å². The summed E-state index contributed by atoms with van der Waals surface area (Å²) in [5, 5.41) is 15.2. The van der Waals surface area contributed by atoms with Gasteiger partial charge in [-0.2, -0.15) is 5.10 Å². The largest absolute Gasteiger partial charge is 0.478 e. The molecule has 0 atom stereocenters. The van der Waals surface area contributed by atoms with Gasteiger partial charge in [0.05, 0.1) is 33.5 Å². The van der Waals surface area contributed by atoms with Crippen molar-refractivity contribution in [1.82, 2.24) is 19.7 Å². The van der Waals surface area contributed by atoms with Crippen LogP contribution in [0.15, 0.2) is 60.8 Å². The van der Waals surface area contributed by atoms with Crippen LogP contribution in [-0.2, 0) is 7.05 Å². The van der Waals surface area contributed by atoms with Gasteiger partial charge in [-0.05, 0) is 36.8 Å². The second-order valence-electron chi connectivity index (χ2n) is 7.60. The van der Waals surface area contributed by atoms with Gasteiger partial charge in [0.25, 0.3) is 0 Å². The predicted molar refractivity (Wildman–Crippen MR) is 122 cm³/mol. The van der Waals surface area contributed by atoms with E-state index in [1.807, 2.05) is 42.1 Å². The third kappa shape index (κ3) is 2.93. The van der Waals surface area contributed by atoms with Gasteiger partial charge >= 0.3 is 5.97 Å². The highest BCUT2D eigenvalue weighted by Gasteiger charge is 2.20. The molecule has 3 aromatic heterocycles. The summed E-state index contributed by atoms with van der Waals surface area (Å²) in [7, 11) is 3.97. The zero-order valence-electron chi connectivity index (χ0n) is 17.4. The highest BCUT2D eigenvalue weighted by molar-refractivity contribution is 6.05. The minimum atomic E-state index is -0.992. The molecule has 2 N–H and O–H groups in total. The summed E-state index contributed by atoms with van der Waals surface area (Å²) in [5.41, 5.74) is 7.12. The zero-order chi connectivity index (χ0) is 21.7. The number of nitrogens with one attached hydrogen (secondary N) is 1. The van der Waals surface area contributed by atoms with E-state index >= 15 is 0 Å². The number of H-pyrrole nitrogens is 1. The molecule has 5 rings (SSSR count). The Hall–Kier alpha value is -4.13. The molecular formula is C24H21N5O2. The maximum Gasteiger partial charge on any atom is 0.337 e. The van der Waals surface area contributed by atoms with E-state index < -0.39 is 5.97 Å². The van der Waals surface area contributed by atoms with Crippen molar-refractivity contribution >= 4 is 39.3 Å². The monoisotopic (exact) mass is 411 g/mol. The minimum absolute atomic E-state index is 0.191. The van der Waals surface area contributed by atoms with Gasteiger partial charge in [0, 0.05) is 31.4 Å². The molecule has 0 aliphatic carbocycles.